The van der Waals surface area contributed by atoms with Crippen LogP contribution in [-0.4, -0.2) is 74.7 Å². The Morgan fingerprint density at radius 2 is 1.84 bits per heavy atom. The van der Waals surface area contributed by atoms with Gasteiger partial charge in [-0.05, 0) is 117 Å². The first-order chi connectivity index (χ1) is 20.7. The monoisotopic (exact) mass is 651 g/mol. The molecule has 1 heterocycles. The number of aliphatic hydroxyl groups is 1. The summed E-state index contributed by atoms with van der Waals surface area (Å²) < 4.78 is 92.0. The van der Waals surface area contributed by atoms with Gasteiger partial charge >= 0.3 is 12.1 Å². The van der Waals surface area contributed by atoms with E-state index in [0.29, 0.717) is 18.6 Å². The van der Waals surface area contributed by atoms with Crippen LogP contribution in [0.2, 0.25) is 0 Å². The molecule has 1 aliphatic heterocycles. The van der Waals surface area contributed by atoms with Crippen molar-refractivity contribution in [1.29, 1.82) is 0 Å². The van der Waals surface area contributed by atoms with E-state index in [-0.39, 0.29) is 41.2 Å². The van der Waals surface area contributed by atoms with Crippen LogP contribution in [0, 0.1) is 23.2 Å². The topological polar surface area (TPSA) is 66.8 Å². The Morgan fingerprint density at radius 1 is 1.07 bits per heavy atom. The Bertz CT molecular complexity index is 1120. The van der Waals surface area contributed by atoms with Crippen molar-refractivity contribution in [3.05, 3.63) is 29.3 Å². The first-order valence-electron chi connectivity index (χ1n) is 16.4. The van der Waals surface area contributed by atoms with Crippen LogP contribution in [0.4, 0.5) is 26.3 Å². The summed E-state index contributed by atoms with van der Waals surface area (Å²) in [5.41, 5.74) is 1.65. The molecule has 3 fully saturated rings. The van der Waals surface area contributed by atoms with Crippen molar-refractivity contribution < 1.29 is 41.1 Å². The van der Waals surface area contributed by atoms with E-state index in [9.17, 15) is 36.7 Å². The van der Waals surface area contributed by atoms with Gasteiger partial charge < -0.3 is 14.8 Å². The maximum absolute atomic E-state index is 16.0. The molecule has 1 aromatic rings. The standard InChI is InChI=1S/C33H47F6NO3S/c1-31-19-27(34)30-25-10-9-24(41)18-22(25)17-21(29(30)26(31)11-12-28(31)42)7-3-2-4-14-40-15-5-8-23(40)20-44(43)16-6-13-32(35,36)33(37,38)39/h9-10,18,21,23,26-30,41-42H,2-8,11-17,19-20H2,1H3/t21-,23+,26+,27+,28+,29+,30+,31+,44?/m1/s1. The molecule has 1 aromatic carbocycles. The van der Waals surface area contributed by atoms with Crippen LogP contribution in [0.5, 0.6) is 5.75 Å². The average Bonchev–Trinajstić information content (AvgIpc) is 3.49. The summed E-state index contributed by atoms with van der Waals surface area (Å²) in [5.74, 6) is -3.91. The zero-order valence-electron chi connectivity index (χ0n) is 25.5. The molecule has 11 heteroatoms. The summed E-state index contributed by atoms with van der Waals surface area (Å²) in [4.78, 5) is 2.28. The Morgan fingerprint density at radius 3 is 2.59 bits per heavy atom. The van der Waals surface area contributed by atoms with Gasteiger partial charge in [-0.25, -0.2) is 4.39 Å². The van der Waals surface area contributed by atoms with E-state index < -0.39 is 53.8 Å². The van der Waals surface area contributed by atoms with Gasteiger partial charge in [-0.2, -0.15) is 22.0 Å². The van der Waals surface area contributed by atoms with Crippen LogP contribution >= 0.6 is 0 Å². The Kier molecular flexibility index (Phi) is 10.5. The van der Waals surface area contributed by atoms with Crippen LogP contribution in [0.25, 0.3) is 0 Å². The van der Waals surface area contributed by atoms with Crippen molar-refractivity contribution in [3.63, 3.8) is 0 Å². The molecule has 1 saturated heterocycles. The molecule has 44 heavy (non-hydrogen) atoms. The van der Waals surface area contributed by atoms with Gasteiger partial charge in [-0.3, -0.25) is 4.90 Å². The number of halogens is 6. The summed E-state index contributed by atoms with van der Waals surface area (Å²) in [6, 6.07) is 5.41. The van der Waals surface area contributed by atoms with Crippen molar-refractivity contribution in [2.24, 2.45) is 23.2 Å². The van der Waals surface area contributed by atoms with E-state index in [1.807, 2.05) is 6.07 Å². The van der Waals surface area contributed by atoms with E-state index in [2.05, 4.69) is 11.8 Å². The van der Waals surface area contributed by atoms with Crippen molar-refractivity contribution >= 4 is 11.2 Å². The second-order valence-electron chi connectivity index (χ2n) is 14.2. The van der Waals surface area contributed by atoms with Gasteiger partial charge in [0.2, 0.25) is 0 Å². The largest absolute Gasteiger partial charge is 0.616 e. The zero-order chi connectivity index (χ0) is 31.9. The molecule has 0 bridgehead atoms. The van der Waals surface area contributed by atoms with E-state index in [0.717, 1.165) is 75.6 Å². The predicted octanol–water partition coefficient (Wildman–Crippen LogP) is 7.53. The first-order valence-corrected chi connectivity index (χ1v) is 17.9. The van der Waals surface area contributed by atoms with Crippen LogP contribution in [0.3, 0.4) is 0 Å². The fraction of sp³-hybridized carbons (Fsp3) is 0.818. The molecule has 1 unspecified atom stereocenters. The minimum absolute atomic E-state index is 0.0532. The highest BCUT2D eigenvalue weighted by Gasteiger charge is 2.60. The van der Waals surface area contributed by atoms with Crippen molar-refractivity contribution in [1.82, 2.24) is 4.90 Å². The summed E-state index contributed by atoms with van der Waals surface area (Å²) in [6.45, 7) is 3.75. The molecule has 9 atom stereocenters. The van der Waals surface area contributed by atoms with Crippen LogP contribution in [0.15, 0.2) is 18.2 Å². The molecular weight excluding hydrogens is 604 g/mol. The molecular formula is C33H47F6NO3S. The summed E-state index contributed by atoms with van der Waals surface area (Å²) in [7, 11) is 0. The van der Waals surface area contributed by atoms with Gasteiger partial charge in [0.05, 0.1) is 12.1 Å². The molecule has 2 saturated carbocycles. The van der Waals surface area contributed by atoms with Gasteiger partial charge in [0.15, 0.2) is 0 Å². The molecule has 250 valence electrons. The number of hydrogen-bond donors (Lipinski definition) is 2. The maximum Gasteiger partial charge on any atom is 0.453 e. The molecule has 4 aliphatic rings. The Balaban J connectivity index is 1.12. The van der Waals surface area contributed by atoms with Crippen molar-refractivity contribution in [3.8, 4) is 5.75 Å². The first kappa shape index (κ1) is 34.2. The Labute approximate surface area is 260 Å². The normalized spacial score (nSPS) is 34.9. The number of aromatic hydroxyl groups is 1. The summed E-state index contributed by atoms with van der Waals surface area (Å²) in [6.07, 6.45) is -0.418. The van der Waals surface area contributed by atoms with Gasteiger partial charge in [0, 0.05) is 12.3 Å². The number of phenolic OH excluding ortho intramolecular Hbond substituents is 1. The molecule has 0 aromatic heterocycles. The molecule has 0 radical (unpaired) electrons. The lowest BCUT2D eigenvalue weighted by Gasteiger charge is -2.54. The minimum atomic E-state index is -5.57. The number of alkyl halides is 6. The lowest BCUT2D eigenvalue weighted by atomic mass is 9.51. The Hall–Kier alpha value is -1.17. The number of nitrogens with zero attached hydrogens (tertiary/aromatic N) is 1. The number of benzene rings is 1. The number of phenols is 1. The third-order valence-corrected chi connectivity index (χ3v) is 13.0. The fourth-order valence-electron chi connectivity index (χ4n) is 9.20. The molecule has 4 nitrogen and oxygen atoms in total. The van der Waals surface area contributed by atoms with E-state index in [4.69, 9.17) is 0 Å². The lowest BCUT2D eigenvalue weighted by molar-refractivity contribution is -0.284. The third kappa shape index (κ3) is 7.05. The van der Waals surface area contributed by atoms with Gasteiger partial charge in [-0.15, -0.1) is 0 Å². The number of likely N-dealkylation sites (tertiary alicyclic amines) is 1. The van der Waals surface area contributed by atoms with Gasteiger partial charge in [-0.1, -0.05) is 37.0 Å². The van der Waals surface area contributed by atoms with E-state index >= 15 is 4.39 Å². The second kappa shape index (κ2) is 13.5. The van der Waals surface area contributed by atoms with E-state index in [1.165, 1.54) is 0 Å². The van der Waals surface area contributed by atoms with Crippen molar-refractivity contribution in [2.75, 3.05) is 24.6 Å². The highest BCUT2D eigenvalue weighted by molar-refractivity contribution is 7.91. The smallest absolute Gasteiger partial charge is 0.453 e. The fourth-order valence-corrected chi connectivity index (χ4v) is 10.6. The molecule has 0 spiro atoms. The summed E-state index contributed by atoms with van der Waals surface area (Å²) >= 11 is -1.45. The summed E-state index contributed by atoms with van der Waals surface area (Å²) in [5, 5.41) is 21.0. The number of unbranched alkanes of at least 4 members (excludes halogenated alkanes) is 2. The highest BCUT2D eigenvalue weighted by Crippen LogP contribution is 2.63. The number of aliphatic hydroxyl groups excluding tert-OH is 1. The van der Waals surface area contributed by atoms with E-state index in [1.54, 1.807) is 12.1 Å². The quantitative estimate of drug-likeness (QED) is 0.139. The minimum Gasteiger partial charge on any atom is -0.616 e. The van der Waals surface area contributed by atoms with Crippen molar-refractivity contribution in [2.45, 2.75) is 120 Å². The van der Waals surface area contributed by atoms with Gasteiger partial charge in [0.1, 0.15) is 23.4 Å². The maximum atomic E-state index is 16.0. The zero-order valence-corrected chi connectivity index (χ0v) is 26.3. The second-order valence-corrected chi connectivity index (χ2v) is 15.8. The average molecular weight is 652 g/mol. The van der Waals surface area contributed by atoms with Gasteiger partial charge in [0.25, 0.3) is 0 Å². The number of rotatable bonds is 12. The number of hydrogen-bond acceptors (Lipinski definition) is 4. The molecule has 0 amide bonds. The van der Waals surface area contributed by atoms with Crippen LogP contribution < -0.4 is 0 Å². The SMILES string of the molecule is C[C@]12C[C@H](F)[C@@H]3c4ccc(O)cc4C[C@@H](CCCCCN4CCC[C@H]4C[S+]([O-])CCCC(F)(F)C(F)(F)F)[C@H]3[C@@H]1CC[C@@H]2O. The lowest BCUT2D eigenvalue weighted by Crippen LogP contribution is -2.51. The highest BCUT2D eigenvalue weighted by atomic mass is 32.2. The molecule has 3 aliphatic carbocycles. The van der Waals surface area contributed by atoms with Crippen LogP contribution in [-0.2, 0) is 17.6 Å². The molecule has 2 N–H and O–H groups in total. The molecule has 5 rings (SSSR count). The number of fused-ring (bicyclic) bond motifs is 5. The predicted molar refractivity (Wildman–Crippen MR) is 159 cm³/mol. The third-order valence-electron chi connectivity index (χ3n) is 11.5. The van der Waals surface area contributed by atoms with Crippen LogP contribution in [0.1, 0.15) is 94.6 Å².